The van der Waals surface area contributed by atoms with E-state index in [1.54, 1.807) is 25.3 Å². The zero-order valence-electron chi connectivity index (χ0n) is 19.7. The number of nitrogens with zero attached hydrogens (tertiary/aromatic N) is 5. The van der Waals surface area contributed by atoms with E-state index in [9.17, 15) is 4.79 Å². The average Bonchev–Trinajstić information content (AvgIpc) is 3.37. The van der Waals surface area contributed by atoms with Gasteiger partial charge >= 0.3 is 5.97 Å². The van der Waals surface area contributed by atoms with Crippen molar-refractivity contribution in [1.29, 1.82) is 0 Å². The van der Waals surface area contributed by atoms with E-state index < -0.39 is 12.1 Å². The lowest BCUT2D eigenvalue weighted by molar-refractivity contribution is 0.0260. The topological polar surface area (TPSA) is 117 Å². The number of carbonyl (C=O) groups excluding carboxylic acids is 1. The predicted molar refractivity (Wildman–Crippen MR) is 118 cm³/mol. The van der Waals surface area contributed by atoms with Gasteiger partial charge in [-0.1, -0.05) is 63.6 Å². The molecule has 0 unspecified atom stereocenters. The maximum absolute atomic E-state index is 12.9. The molecule has 0 bridgehead atoms. The second-order valence-electron chi connectivity index (χ2n) is 9.58. The third kappa shape index (κ3) is 5.53. The highest BCUT2D eigenvalue weighted by Gasteiger charge is 2.28. The van der Waals surface area contributed by atoms with Crippen LogP contribution >= 0.6 is 11.8 Å². The van der Waals surface area contributed by atoms with Gasteiger partial charge in [-0.2, -0.15) is 9.97 Å². The lowest BCUT2D eigenvalue weighted by Crippen LogP contribution is -2.14. The summed E-state index contributed by atoms with van der Waals surface area (Å²) in [7, 11) is 0. The molecule has 0 aromatic carbocycles. The molecule has 3 aromatic heterocycles. The van der Waals surface area contributed by atoms with Crippen LogP contribution in [0.25, 0.3) is 0 Å². The highest BCUT2D eigenvalue weighted by Crippen LogP contribution is 2.36. The van der Waals surface area contributed by atoms with Crippen molar-refractivity contribution in [1.82, 2.24) is 25.3 Å². The van der Waals surface area contributed by atoms with Gasteiger partial charge in [0.05, 0.1) is 10.8 Å². The Morgan fingerprint density at radius 3 is 2.09 bits per heavy atom. The molecule has 0 aliphatic rings. The van der Waals surface area contributed by atoms with Crippen molar-refractivity contribution >= 4 is 17.7 Å². The summed E-state index contributed by atoms with van der Waals surface area (Å²) in [6.07, 6.45) is 0.920. The van der Waals surface area contributed by atoms with Gasteiger partial charge in [-0.3, -0.25) is 0 Å². The number of ether oxygens (including phenoxy) is 1. The van der Waals surface area contributed by atoms with Gasteiger partial charge in [-0.25, -0.2) is 9.78 Å². The quantitative estimate of drug-likeness (QED) is 0.359. The second kappa shape index (κ2) is 9.01. The van der Waals surface area contributed by atoms with Gasteiger partial charge in [0.15, 0.2) is 17.8 Å². The Kier molecular flexibility index (Phi) is 6.73. The van der Waals surface area contributed by atoms with Crippen LogP contribution in [-0.4, -0.2) is 31.2 Å². The van der Waals surface area contributed by atoms with Gasteiger partial charge in [0, 0.05) is 17.0 Å². The predicted octanol–water partition coefficient (Wildman–Crippen LogP) is 5.21. The average molecular weight is 460 g/mol. The summed E-state index contributed by atoms with van der Waals surface area (Å²) in [6.45, 7) is 15.6. The van der Waals surface area contributed by atoms with Crippen LogP contribution in [-0.2, 0) is 15.6 Å². The third-order valence-corrected chi connectivity index (χ3v) is 5.59. The molecule has 172 valence electrons. The van der Waals surface area contributed by atoms with E-state index >= 15 is 0 Å². The van der Waals surface area contributed by atoms with E-state index in [4.69, 9.17) is 13.8 Å². The van der Waals surface area contributed by atoms with Crippen LogP contribution in [0.5, 0.6) is 0 Å². The summed E-state index contributed by atoms with van der Waals surface area (Å²) in [4.78, 5) is 26.1. The molecule has 9 nitrogen and oxygen atoms in total. The van der Waals surface area contributed by atoms with Crippen LogP contribution in [0.3, 0.4) is 0 Å². The highest BCUT2D eigenvalue weighted by atomic mass is 32.2. The Bertz CT molecular complexity index is 1080. The fourth-order valence-electron chi connectivity index (χ4n) is 2.54. The highest BCUT2D eigenvalue weighted by molar-refractivity contribution is 7.99. The summed E-state index contributed by atoms with van der Waals surface area (Å²) in [5.41, 5.74) is -0.150. The van der Waals surface area contributed by atoms with Crippen molar-refractivity contribution in [3.8, 4) is 0 Å². The van der Waals surface area contributed by atoms with E-state index in [0.29, 0.717) is 28.1 Å². The number of hydrogen-bond acceptors (Lipinski definition) is 10. The maximum atomic E-state index is 12.9. The summed E-state index contributed by atoms with van der Waals surface area (Å²) < 4.78 is 16.3. The normalized spacial score (nSPS) is 14.2. The zero-order chi connectivity index (χ0) is 23.7. The van der Waals surface area contributed by atoms with E-state index in [1.807, 2.05) is 48.5 Å². The van der Waals surface area contributed by atoms with E-state index in [0.717, 1.165) is 0 Å². The van der Waals surface area contributed by atoms with Crippen molar-refractivity contribution in [2.75, 3.05) is 0 Å². The van der Waals surface area contributed by atoms with E-state index in [2.05, 4.69) is 25.3 Å². The minimum atomic E-state index is -0.702. The molecule has 0 N–H and O–H groups in total. The number of thioether (sulfide) groups is 1. The summed E-state index contributed by atoms with van der Waals surface area (Å²) in [6, 6.07) is 3.35. The molecule has 0 aliphatic heterocycles. The molecule has 32 heavy (non-hydrogen) atoms. The first kappa shape index (κ1) is 23.9. The standard InChI is InChI=1S/C22H29N5O4S/c1-12(15-24-19(26-30-15)21(3,4)5)29-18(28)14-10-9-11-23-17(14)32-13(2)16-25-20(27-31-16)22(6,7)8/h9-13H,1-8H3/t12-,13-/m1/s1. The Labute approximate surface area is 191 Å². The third-order valence-electron chi connectivity index (χ3n) is 4.48. The molecule has 2 atom stereocenters. The molecular weight excluding hydrogens is 430 g/mol. The SMILES string of the molecule is C[C@@H](OC(=O)c1cccnc1S[C@H](C)c1nc(C(C)(C)C)no1)c1nc(C(C)(C)C)no1. The van der Waals surface area contributed by atoms with Crippen molar-refractivity contribution in [2.24, 2.45) is 0 Å². The Hall–Kier alpha value is -2.75. The first-order valence-electron chi connectivity index (χ1n) is 10.4. The monoisotopic (exact) mass is 459 g/mol. The minimum Gasteiger partial charge on any atom is -0.449 e. The molecule has 0 radical (unpaired) electrons. The number of rotatable bonds is 6. The summed E-state index contributed by atoms with van der Waals surface area (Å²) in [5.74, 6) is 1.37. The van der Waals surface area contributed by atoms with Gasteiger partial charge in [-0.15, -0.1) is 0 Å². The molecule has 0 saturated heterocycles. The second-order valence-corrected chi connectivity index (χ2v) is 10.9. The first-order chi connectivity index (χ1) is 14.9. The summed E-state index contributed by atoms with van der Waals surface area (Å²) >= 11 is 1.35. The van der Waals surface area contributed by atoms with Crippen LogP contribution < -0.4 is 0 Å². The Morgan fingerprint density at radius 1 is 0.969 bits per heavy atom. The molecule has 0 saturated carbocycles. The molecule has 3 rings (SSSR count). The van der Waals surface area contributed by atoms with Crippen LogP contribution in [0.15, 0.2) is 32.4 Å². The lowest BCUT2D eigenvalue weighted by Gasteiger charge is -2.13. The molecular formula is C22H29N5O4S. The van der Waals surface area contributed by atoms with Crippen molar-refractivity contribution in [3.63, 3.8) is 0 Å². The van der Waals surface area contributed by atoms with Gasteiger partial charge in [0.1, 0.15) is 5.03 Å². The molecule has 0 aliphatic carbocycles. The maximum Gasteiger partial charge on any atom is 0.341 e. The molecule has 0 spiro atoms. The lowest BCUT2D eigenvalue weighted by atomic mass is 9.96. The molecule has 10 heteroatoms. The fraction of sp³-hybridized carbons (Fsp3) is 0.545. The molecule has 0 amide bonds. The number of pyridine rings is 1. The van der Waals surface area contributed by atoms with Crippen LogP contribution in [0.4, 0.5) is 0 Å². The first-order valence-corrected chi connectivity index (χ1v) is 11.2. The van der Waals surface area contributed by atoms with Crippen molar-refractivity contribution < 1.29 is 18.6 Å². The smallest absolute Gasteiger partial charge is 0.341 e. The largest absolute Gasteiger partial charge is 0.449 e. The van der Waals surface area contributed by atoms with Crippen molar-refractivity contribution in [2.45, 2.75) is 82.6 Å². The van der Waals surface area contributed by atoms with Gasteiger partial charge in [-0.05, 0) is 26.0 Å². The molecule has 0 fully saturated rings. The van der Waals surface area contributed by atoms with Crippen LogP contribution in [0.1, 0.15) is 101 Å². The number of hydrogen-bond donors (Lipinski definition) is 0. The van der Waals surface area contributed by atoms with Gasteiger partial charge in [0.2, 0.25) is 5.89 Å². The van der Waals surface area contributed by atoms with E-state index in [-0.39, 0.29) is 22.0 Å². The zero-order valence-corrected chi connectivity index (χ0v) is 20.5. The fourth-order valence-corrected chi connectivity index (χ4v) is 3.47. The molecule has 3 aromatic rings. The van der Waals surface area contributed by atoms with Crippen LogP contribution in [0.2, 0.25) is 0 Å². The van der Waals surface area contributed by atoms with Gasteiger partial charge in [0.25, 0.3) is 5.89 Å². The Balaban J connectivity index is 1.73. The minimum absolute atomic E-state index is 0.206. The Morgan fingerprint density at radius 2 is 1.53 bits per heavy atom. The number of aromatic nitrogens is 5. The number of carbonyl (C=O) groups is 1. The van der Waals surface area contributed by atoms with Gasteiger partial charge < -0.3 is 13.8 Å². The number of esters is 1. The van der Waals surface area contributed by atoms with Crippen molar-refractivity contribution in [3.05, 3.63) is 47.3 Å². The molecule has 3 heterocycles. The summed E-state index contributed by atoms with van der Waals surface area (Å²) in [5, 5.41) is 8.35. The van der Waals surface area contributed by atoms with Crippen LogP contribution in [0, 0.1) is 0 Å². The van der Waals surface area contributed by atoms with E-state index in [1.165, 1.54) is 11.8 Å².